The number of nitrogens with zero attached hydrogens (tertiary/aromatic N) is 2. The molecule has 22 heavy (non-hydrogen) atoms. The number of phenols is 1. The van der Waals surface area contributed by atoms with E-state index in [0.29, 0.717) is 5.75 Å². The van der Waals surface area contributed by atoms with Gasteiger partial charge in [-0.25, -0.2) is 0 Å². The molecule has 0 unspecified atom stereocenters. The molecule has 0 aromatic heterocycles. The zero-order valence-corrected chi connectivity index (χ0v) is 13.9. The molecule has 1 aromatic carbocycles. The van der Waals surface area contributed by atoms with Crippen molar-refractivity contribution in [3.63, 3.8) is 0 Å². The molecule has 0 radical (unpaired) electrons. The van der Waals surface area contributed by atoms with Crippen LogP contribution in [0.1, 0.15) is 31.9 Å². The zero-order valence-electron chi connectivity index (χ0n) is 13.9. The Hall–Kier alpha value is -1.52. The molecule has 1 saturated heterocycles. The summed E-state index contributed by atoms with van der Waals surface area (Å²) in [6.45, 7) is 14.1. The summed E-state index contributed by atoms with van der Waals surface area (Å²) in [6.07, 6.45) is 2.81. The quantitative estimate of drug-likeness (QED) is 0.760. The molecule has 4 heteroatoms. The summed E-state index contributed by atoms with van der Waals surface area (Å²) in [6, 6.07) is 6.32. The third-order valence-electron chi connectivity index (χ3n) is 4.48. The Morgan fingerprint density at radius 3 is 2.55 bits per heavy atom. The van der Waals surface area contributed by atoms with Crippen molar-refractivity contribution >= 4 is 5.69 Å². The van der Waals surface area contributed by atoms with Crippen molar-refractivity contribution in [1.82, 2.24) is 10.2 Å². The van der Waals surface area contributed by atoms with E-state index in [2.05, 4.69) is 47.7 Å². The molecule has 0 saturated carbocycles. The van der Waals surface area contributed by atoms with Crippen LogP contribution in [0.25, 0.3) is 0 Å². The summed E-state index contributed by atoms with van der Waals surface area (Å²) >= 11 is 0. The summed E-state index contributed by atoms with van der Waals surface area (Å²) in [5, 5.41) is 13.9. The van der Waals surface area contributed by atoms with E-state index in [-0.39, 0.29) is 6.04 Å². The molecule has 2 rings (SSSR count). The highest BCUT2D eigenvalue weighted by molar-refractivity contribution is 5.54. The Balaban J connectivity index is 2.25. The lowest BCUT2D eigenvalue weighted by Gasteiger charge is -2.35. The minimum absolute atomic E-state index is 0.213. The maximum atomic E-state index is 10.6. The maximum absolute atomic E-state index is 10.6. The molecule has 1 aliphatic heterocycles. The number of nitrogens with one attached hydrogen (secondary N) is 1. The second-order valence-electron chi connectivity index (χ2n) is 5.74. The highest BCUT2D eigenvalue weighted by Crippen LogP contribution is 2.34. The molecule has 1 aliphatic rings. The Labute approximate surface area is 134 Å². The zero-order chi connectivity index (χ0) is 15.9. The van der Waals surface area contributed by atoms with Crippen LogP contribution in [0.4, 0.5) is 5.69 Å². The van der Waals surface area contributed by atoms with Gasteiger partial charge in [-0.05, 0) is 26.3 Å². The molecule has 0 amide bonds. The van der Waals surface area contributed by atoms with Crippen molar-refractivity contribution in [3.8, 4) is 5.75 Å². The van der Waals surface area contributed by atoms with Gasteiger partial charge in [0, 0.05) is 62.6 Å². The highest BCUT2D eigenvalue weighted by Gasteiger charge is 2.23. The van der Waals surface area contributed by atoms with E-state index in [1.807, 2.05) is 12.1 Å². The van der Waals surface area contributed by atoms with Crippen LogP contribution in [0.3, 0.4) is 0 Å². The van der Waals surface area contributed by atoms with Crippen LogP contribution in [-0.2, 0) is 0 Å². The third kappa shape index (κ3) is 3.81. The first kappa shape index (κ1) is 16.8. The van der Waals surface area contributed by atoms with Crippen LogP contribution in [0, 0.1) is 0 Å². The third-order valence-corrected chi connectivity index (χ3v) is 4.48. The number of piperazine rings is 1. The molecular formula is C18H29N3O. The van der Waals surface area contributed by atoms with E-state index < -0.39 is 0 Å². The van der Waals surface area contributed by atoms with Gasteiger partial charge in [0.2, 0.25) is 0 Å². The van der Waals surface area contributed by atoms with Crippen molar-refractivity contribution in [3.05, 3.63) is 36.4 Å². The predicted molar refractivity (Wildman–Crippen MR) is 93.7 cm³/mol. The monoisotopic (exact) mass is 303 g/mol. The fraction of sp³-hybridized carbons (Fsp3) is 0.556. The first-order valence-electron chi connectivity index (χ1n) is 8.34. The normalized spacial score (nSPS) is 17.2. The first-order valence-corrected chi connectivity index (χ1v) is 8.34. The minimum atomic E-state index is 0.213. The molecule has 0 aliphatic carbocycles. The van der Waals surface area contributed by atoms with Gasteiger partial charge < -0.3 is 15.3 Å². The fourth-order valence-corrected chi connectivity index (χ4v) is 3.22. The van der Waals surface area contributed by atoms with Crippen LogP contribution >= 0.6 is 0 Å². The van der Waals surface area contributed by atoms with Crippen LogP contribution in [0.5, 0.6) is 5.75 Å². The molecule has 122 valence electrons. The number of hydrogen-bond acceptors (Lipinski definition) is 4. The Morgan fingerprint density at radius 1 is 1.32 bits per heavy atom. The van der Waals surface area contributed by atoms with Crippen molar-refractivity contribution in [1.29, 1.82) is 0 Å². The van der Waals surface area contributed by atoms with Gasteiger partial charge >= 0.3 is 0 Å². The number of hydrogen-bond donors (Lipinski definition) is 2. The Bertz CT molecular complexity index is 479. The first-order chi connectivity index (χ1) is 10.7. The SMILES string of the molecule is C=CC[C@H](c1ccc(N(CC)CC)cc1O)N1CCNCC1. The molecule has 2 N–H and O–H groups in total. The number of aromatic hydroxyl groups is 1. The molecule has 4 nitrogen and oxygen atoms in total. The molecule has 1 heterocycles. The standard InChI is InChI=1S/C18H29N3O/c1-4-7-17(21-12-10-19-11-13-21)16-9-8-15(14-18(16)22)20(5-2)6-3/h4,8-9,14,17,19,22H,1,5-7,10-13H2,2-3H3/t17-/m1/s1. The van der Waals surface area contributed by atoms with Gasteiger partial charge in [0.25, 0.3) is 0 Å². The van der Waals surface area contributed by atoms with E-state index in [1.165, 1.54) is 0 Å². The van der Waals surface area contributed by atoms with Crippen LogP contribution in [-0.4, -0.2) is 49.3 Å². The molecule has 0 bridgehead atoms. The molecule has 1 aromatic rings. The predicted octanol–water partition coefficient (Wildman–Crippen LogP) is 2.76. The van der Waals surface area contributed by atoms with Crippen molar-refractivity contribution in [2.24, 2.45) is 0 Å². The number of rotatable bonds is 7. The smallest absolute Gasteiger partial charge is 0.122 e. The van der Waals surface area contributed by atoms with Crippen LogP contribution < -0.4 is 10.2 Å². The molecule has 1 atom stereocenters. The fourth-order valence-electron chi connectivity index (χ4n) is 3.22. The van der Waals surface area contributed by atoms with Gasteiger partial charge in [-0.1, -0.05) is 12.1 Å². The van der Waals surface area contributed by atoms with E-state index >= 15 is 0 Å². The highest BCUT2D eigenvalue weighted by atomic mass is 16.3. The summed E-state index contributed by atoms with van der Waals surface area (Å²) < 4.78 is 0. The molecule has 1 fully saturated rings. The summed E-state index contributed by atoms with van der Waals surface area (Å²) in [4.78, 5) is 4.68. The van der Waals surface area contributed by atoms with Gasteiger partial charge in [0.15, 0.2) is 0 Å². The second-order valence-corrected chi connectivity index (χ2v) is 5.74. The minimum Gasteiger partial charge on any atom is -0.508 e. The molecular weight excluding hydrogens is 274 g/mol. The topological polar surface area (TPSA) is 38.7 Å². The Kier molecular flexibility index (Phi) is 6.28. The van der Waals surface area contributed by atoms with Gasteiger partial charge in [-0.15, -0.1) is 6.58 Å². The average molecular weight is 303 g/mol. The van der Waals surface area contributed by atoms with E-state index in [1.54, 1.807) is 0 Å². The summed E-state index contributed by atoms with van der Waals surface area (Å²) in [5.41, 5.74) is 2.10. The van der Waals surface area contributed by atoms with Crippen molar-refractivity contribution in [2.45, 2.75) is 26.3 Å². The van der Waals surface area contributed by atoms with Gasteiger partial charge in [-0.2, -0.15) is 0 Å². The van der Waals surface area contributed by atoms with E-state index in [9.17, 15) is 5.11 Å². The average Bonchev–Trinajstić information content (AvgIpc) is 2.55. The lowest BCUT2D eigenvalue weighted by Crippen LogP contribution is -2.45. The van der Waals surface area contributed by atoms with E-state index in [4.69, 9.17) is 0 Å². The second kappa shape index (κ2) is 8.20. The van der Waals surface area contributed by atoms with E-state index in [0.717, 1.165) is 56.9 Å². The van der Waals surface area contributed by atoms with Crippen LogP contribution in [0.15, 0.2) is 30.9 Å². The van der Waals surface area contributed by atoms with Gasteiger partial charge in [0.05, 0.1) is 0 Å². The Morgan fingerprint density at radius 2 is 2.00 bits per heavy atom. The summed E-state index contributed by atoms with van der Waals surface area (Å²) in [7, 11) is 0. The lowest BCUT2D eigenvalue weighted by atomic mass is 9.99. The molecule has 0 spiro atoms. The van der Waals surface area contributed by atoms with Crippen molar-refractivity contribution in [2.75, 3.05) is 44.2 Å². The van der Waals surface area contributed by atoms with Crippen LogP contribution in [0.2, 0.25) is 0 Å². The largest absolute Gasteiger partial charge is 0.508 e. The number of phenolic OH excluding ortho intramolecular Hbond substituents is 1. The maximum Gasteiger partial charge on any atom is 0.122 e. The number of benzene rings is 1. The summed E-state index contributed by atoms with van der Waals surface area (Å²) in [5.74, 6) is 0.398. The van der Waals surface area contributed by atoms with Crippen molar-refractivity contribution < 1.29 is 5.11 Å². The van der Waals surface area contributed by atoms with Gasteiger partial charge in [-0.3, -0.25) is 4.90 Å². The number of anilines is 1. The van der Waals surface area contributed by atoms with Gasteiger partial charge in [0.1, 0.15) is 5.75 Å². The lowest BCUT2D eigenvalue weighted by molar-refractivity contribution is 0.172.